The van der Waals surface area contributed by atoms with Crippen LogP contribution in [0.2, 0.25) is 0 Å². The summed E-state index contributed by atoms with van der Waals surface area (Å²) in [6.45, 7) is 1.73. The Kier molecular flexibility index (Phi) is 3.62. The first-order valence-corrected chi connectivity index (χ1v) is 6.35. The van der Waals surface area contributed by atoms with Crippen molar-refractivity contribution in [1.82, 2.24) is 9.78 Å². The predicted molar refractivity (Wildman–Crippen MR) is 61.2 cm³/mol. The number of nitrogens with zero attached hydrogens (tertiary/aromatic N) is 2. The number of halogens is 2. The minimum Gasteiger partial charge on any atom is -0.376 e. The molecule has 3 nitrogen and oxygen atoms in total. The van der Waals surface area contributed by atoms with Crippen molar-refractivity contribution in [1.29, 1.82) is 0 Å². The minimum atomic E-state index is 0.326. The van der Waals surface area contributed by atoms with E-state index in [2.05, 4.69) is 37.0 Å². The first-order valence-electron chi connectivity index (χ1n) is 4.76. The Morgan fingerprint density at radius 2 is 2.36 bits per heavy atom. The van der Waals surface area contributed by atoms with Crippen molar-refractivity contribution in [3.05, 3.63) is 15.3 Å². The molecule has 0 N–H and O–H groups in total. The summed E-state index contributed by atoms with van der Waals surface area (Å²) in [6, 6.07) is 1.95. The minimum absolute atomic E-state index is 0.326. The van der Waals surface area contributed by atoms with Gasteiger partial charge in [-0.05, 0) is 51.1 Å². The van der Waals surface area contributed by atoms with E-state index in [0.717, 1.165) is 28.8 Å². The first kappa shape index (κ1) is 10.6. The molecule has 0 spiro atoms. The van der Waals surface area contributed by atoms with E-state index in [9.17, 15) is 0 Å². The van der Waals surface area contributed by atoms with Gasteiger partial charge in [-0.25, -0.2) is 0 Å². The summed E-state index contributed by atoms with van der Waals surface area (Å²) in [5, 5.41) is 4.31. The van der Waals surface area contributed by atoms with Crippen molar-refractivity contribution < 1.29 is 4.74 Å². The molecule has 0 aliphatic carbocycles. The number of rotatable bonds is 2. The van der Waals surface area contributed by atoms with Crippen LogP contribution in [-0.2, 0) is 11.3 Å². The fraction of sp³-hybridized carbons (Fsp3) is 0.667. The van der Waals surface area contributed by atoms with Crippen LogP contribution in [0.4, 0.5) is 0 Å². The smallest absolute Gasteiger partial charge is 0.129 e. The number of hydrogen-bond acceptors (Lipinski definition) is 2. The van der Waals surface area contributed by atoms with Gasteiger partial charge in [0.2, 0.25) is 0 Å². The van der Waals surface area contributed by atoms with Crippen LogP contribution in [-0.4, -0.2) is 22.5 Å². The maximum atomic E-state index is 5.65. The standard InChI is InChI=1S/C9H12Br2N2O/c10-8-5-9(11)13(12-8)6-7-3-1-2-4-14-7/h5,7H,1-4,6H2. The van der Waals surface area contributed by atoms with Gasteiger partial charge in [-0.2, -0.15) is 5.10 Å². The van der Waals surface area contributed by atoms with E-state index in [4.69, 9.17) is 4.74 Å². The van der Waals surface area contributed by atoms with E-state index in [1.165, 1.54) is 12.8 Å². The molecule has 2 rings (SSSR count). The van der Waals surface area contributed by atoms with Crippen LogP contribution >= 0.6 is 31.9 Å². The lowest BCUT2D eigenvalue weighted by Crippen LogP contribution is -2.25. The average molecular weight is 324 g/mol. The Morgan fingerprint density at radius 3 is 2.93 bits per heavy atom. The molecule has 1 saturated heterocycles. The number of hydrogen-bond donors (Lipinski definition) is 0. The van der Waals surface area contributed by atoms with Gasteiger partial charge < -0.3 is 4.74 Å². The fourth-order valence-electron chi connectivity index (χ4n) is 1.64. The first-order chi connectivity index (χ1) is 6.75. The van der Waals surface area contributed by atoms with Gasteiger partial charge in [0, 0.05) is 12.7 Å². The topological polar surface area (TPSA) is 27.1 Å². The maximum absolute atomic E-state index is 5.65. The van der Waals surface area contributed by atoms with E-state index in [0.29, 0.717) is 6.10 Å². The van der Waals surface area contributed by atoms with Gasteiger partial charge in [0.1, 0.15) is 9.21 Å². The molecule has 14 heavy (non-hydrogen) atoms. The van der Waals surface area contributed by atoms with Gasteiger partial charge in [0.25, 0.3) is 0 Å². The molecule has 1 aromatic heterocycles. The quantitative estimate of drug-likeness (QED) is 0.836. The summed E-state index contributed by atoms with van der Waals surface area (Å²) in [7, 11) is 0. The highest BCUT2D eigenvalue weighted by atomic mass is 79.9. The highest BCUT2D eigenvalue weighted by Crippen LogP contribution is 2.20. The molecule has 1 aromatic rings. The largest absolute Gasteiger partial charge is 0.376 e. The lowest BCUT2D eigenvalue weighted by atomic mass is 10.1. The molecule has 0 bridgehead atoms. The molecular weight excluding hydrogens is 312 g/mol. The molecule has 0 aromatic carbocycles. The molecule has 78 valence electrons. The zero-order valence-corrected chi connectivity index (χ0v) is 10.9. The molecule has 0 amide bonds. The van der Waals surface area contributed by atoms with Gasteiger partial charge in [-0.1, -0.05) is 0 Å². The van der Waals surface area contributed by atoms with Crippen LogP contribution in [0.5, 0.6) is 0 Å². The van der Waals surface area contributed by atoms with Crippen LogP contribution < -0.4 is 0 Å². The molecule has 1 fully saturated rings. The van der Waals surface area contributed by atoms with Crippen LogP contribution in [0.1, 0.15) is 19.3 Å². The zero-order chi connectivity index (χ0) is 9.97. The molecule has 0 saturated carbocycles. The third kappa shape index (κ3) is 2.58. The summed E-state index contributed by atoms with van der Waals surface area (Å²) < 4.78 is 9.44. The van der Waals surface area contributed by atoms with E-state index in [1.54, 1.807) is 0 Å². The van der Waals surface area contributed by atoms with E-state index < -0.39 is 0 Å². The van der Waals surface area contributed by atoms with Crippen LogP contribution in [0.3, 0.4) is 0 Å². The van der Waals surface area contributed by atoms with Crippen molar-refractivity contribution in [2.45, 2.75) is 31.9 Å². The summed E-state index contributed by atoms with van der Waals surface area (Å²) in [4.78, 5) is 0. The van der Waals surface area contributed by atoms with Gasteiger partial charge in [0.05, 0.1) is 12.6 Å². The predicted octanol–water partition coefficient (Wildman–Crippen LogP) is 2.98. The Morgan fingerprint density at radius 1 is 1.50 bits per heavy atom. The van der Waals surface area contributed by atoms with Crippen LogP contribution in [0.15, 0.2) is 15.3 Å². The lowest BCUT2D eigenvalue weighted by molar-refractivity contribution is 0.00356. The monoisotopic (exact) mass is 322 g/mol. The highest BCUT2D eigenvalue weighted by molar-refractivity contribution is 9.11. The van der Waals surface area contributed by atoms with E-state index in [1.807, 2.05) is 10.7 Å². The second-order valence-electron chi connectivity index (χ2n) is 3.46. The van der Waals surface area contributed by atoms with E-state index >= 15 is 0 Å². The maximum Gasteiger partial charge on any atom is 0.129 e. The molecule has 1 unspecified atom stereocenters. The van der Waals surface area contributed by atoms with Gasteiger partial charge in [0.15, 0.2) is 0 Å². The Balaban J connectivity index is 1.98. The fourth-order valence-corrected chi connectivity index (χ4v) is 2.79. The molecular formula is C9H12Br2N2O. The average Bonchev–Trinajstić information content (AvgIpc) is 2.47. The molecule has 1 aliphatic rings. The van der Waals surface area contributed by atoms with Crippen molar-refractivity contribution in [3.8, 4) is 0 Å². The third-order valence-electron chi connectivity index (χ3n) is 2.35. The molecule has 1 atom stereocenters. The van der Waals surface area contributed by atoms with Crippen molar-refractivity contribution >= 4 is 31.9 Å². The molecule has 0 radical (unpaired) electrons. The summed E-state index contributed by atoms with van der Waals surface area (Å²) in [5.41, 5.74) is 0. The molecule has 5 heteroatoms. The summed E-state index contributed by atoms with van der Waals surface area (Å²) >= 11 is 6.80. The van der Waals surface area contributed by atoms with E-state index in [-0.39, 0.29) is 0 Å². The normalized spacial score (nSPS) is 22.6. The summed E-state index contributed by atoms with van der Waals surface area (Å²) in [6.07, 6.45) is 3.93. The SMILES string of the molecule is Brc1cc(Br)n(CC2CCCCO2)n1. The van der Waals surface area contributed by atoms with Gasteiger partial charge >= 0.3 is 0 Å². The lowest BCUT2D eigenvalue weighted by Gasteiger charge is -2.22. The number of aromatic nitrogens is 2. The second kappa shape index (κ2) is 4.77. The Labute approximate surface area is 100 Å². The molecule has 2 heterocycles. The third-order valence-corrected chi connectivity index (χ3v) is 3.38. The highest BCUT2D eigenvalue weighted by Gasteiger charge is 2.16. The second-order valence-corrected chi connectivity index (χ2v) is 5.09. The Hall–Kier alpha value is 0.130. The van der Waals surface area contributed by atoms with Crippen molar-refractivity contribution in [3.63, 3.8) is 0 Å². The zero-order valence-electron chi connectivity index (χ0n) is 7.75. The Bertz CT molecular complexity index is 308. The molecule has 1 aliphatic heterocycles. The van der Waals surface area contributed by atoms with Gasteiger partial charge in [-0.3, -0.25) is 4.68 Å². The van der Waals surface area contributed by atoms with Crippen LogP contribution in [0, 0.1) is 0 Å². The van der Waals surface area contributed by atoms with Crippen molar-refractivity contribution in [2.24, 2.45) is 0 Å². The van der Waals surface area contributed by atoms with Crippen molar-refractivity contribution in [2.75, 3.05) is 6.61 Å². The van der Waals surface area contributed by atoms with Gasteiger partial charge in [-0.15, -0.1) is 0 Å². The number of ether oxygens (including phenoxy) is 1. The summed E-state index contributed by atoms with van der Waals surface area (Å²) in [5.74, 6) is 0. The van der Waals surface area contributed by atoms with Crippen LogP contribution in [0.25, 0.3) is 0 Å².